The van der Waals surface area contributed by atoms with Gasteiger partial charge in [-0.3, -0.25) is 9.59 Å². The molecule has 0 saturated carbocycles. The molecule has 0 amide bonds. The third-order valence-corrected chi connectivity index (χ3v) is 3.22. The lowest BCUT2D eigenvalue weighted by Crippen LogP contribution is -1.88. The van der Waals surface area contributed by atoms with Crippen molar-refractivity contribution >= 4 is 12.6 Å². The zero-order chi connectivity index (χ0) is 20.8. The first-order valence-corrected chi connectivity index (χ1v) is 8.29. The highest BCUT2D eigenvalue weighted by Gasteiger charge is 2.02. The van der Waals surface area contributed by atoms with Gasteiger partial charge < -0.3 is 9.47 Å². The third kappa shape index (κ3) is 9.80. The maximum absolute atomic E-state index is 9.41. The van der Waals surface area contributed by atoms with Gasteiger partial charge in [-0.05, 0) is 72.9 Å². The van der Waals surface area contributed by atoms with E-state index in [0.717, 1.165) is 29.6 Å². The van der Waals surface area contributed by atoms with Gasteiger partial charge in [0.15, 0.2) is 0 Å². The summed E-state index contributed by atoms with van der Waals surface area (Å²) in [6.45, 7) is 12.0. The Bertz CT molecular complexity index is 740. The summed E-state index contributed by atoms with van der Waals surface area (Å²) < 4.78 is 10.4. The summed E-state index contributed by atoms with van der Waals surface area (Å²) in [6.07, 6.45) is 1.44. The molecule has 4 nitrogen and oxygen atoms in total. The average Bonchev–Trinajstić information content (AvgIpc) is 2.68. The van der Waals surface area contributed by atoms with Gasteiger partial charge >= 0.3 is 0 Å². The van der Waals surface area contributed by atoms with Crippen LogP contribution in [0.3, 0.4) is 0 Å². The number of hydrogen-bond donors (Lipinski definition) is 0. The van der Waals surface area contributed by atoms with Gasteiger partial charge in [0, 0.05) is 0 Å². The van der Waals surface area contributed by atoms with Crippen LogP contribution in [0.25, 0.3) is 11.1 Å². The second-order valence-electron chi connectivity index (χ2n) is 5.84. The lowest BCUT2D eigenvalue weighted by Gasteiger charge is -2.08. The molecule has 0 N–H and O–H groups in total. The maximum atomic E-state index is 9.41. The average molecular weight is 368 g/mol. The molecule has 0 fully saturated rings. The summed E-state index contributed by atoms with van der Waals surface area (Å²) in [5.74, 6) is 1.79. The smallest absolute Gasteiger partial charge is 0.145 e. The van der Waals surface area contributed by atoms with Gasteiger partial charge in [0.2, 0.25) is 0 Å². The number of methoxy groups -OCH3 is 2. The highest BCUT2D eigenvalue weighted by molar-refractivity contribution is 5.71. The van der Waals surface area contributed by atoms with Gasteiger partial charge in [-0.1, -0.05) is 31.4 Å². The molecule has 0 aliphatic carbocycles. The summed E-state index contributed by atoms with van der Waals surface area (Å²) in [5.41, 5.74) is 4.65. The molecule has 0 heterocycles. The minimum Gasteiger partial charge on any atom is -0.497 e. The van der Waals surface area contributed by atoms with Crippen LogP contribution in [0, 0.1) is 6.92 Å². The van der Waals surface area contributed by atoms with E-state index in [1.165, 1.54) is 11.1 Å². The molecule has 4 heteroatoms. The summed E-state index contributed by atoms with van der Waals surface area (Å²) in [5, 5.41) is 0. The van der Waals surface area contributed by atoms with Crippen LogP contribution < -0.4 is 9.47 Å². The summed E-state index contributed by atoms with van der Waals surface area (Å²) >= 11 is 0. The number of hydrogen-bond acceptors (Lipinski definition) is 4. The minimum absolute atomic E-state index is 0.574. The first-order valence-electron chi connectivity index (χ1n) is 8.29. The molecule has 0 atom stereocenters. The Labute approximate surface area is 162 Å². The van der Waals surface area contributed by atoms with E-state index < -0.39 is 0 Å². The number of carbonyl (C=O) groups is 2. The van der Waals surface area contributed by atoms with Crippen LogP contribution in [0.1, 0.15) is 19.4 Å². The molecule has 0 aliphatic heterocycles. The van der Waals surface area contributed by atoms with Gasteiger partial charge in [-0.25, -0.2) is 0 Å². The largest absolute Gasteiger partial charge is 0.497 e. The SMILES string of the molecule is C=C(C)C=O.C=C(C)C=O.COc1ccc(-c2ccc(OC)c(C)c2)cc1. The van der Waals surface area contributed by atoms with Crippen molar-refractivity contribution in [2.45, 2.75) is 20.8 Å². The molecular weight excluding hydrogens is 340 g/mol. The Morgan fingerprint density at radius 1 is 0.815 bits per heavy atom. The van der Waals surface area contributed by atoms with Crippen LogP contribution in [-0.4, -0.2) is 26.8 Å². The van der Waals surface area contributed by atoms with E-state index in [1.54, 1.807) is 28.1 Å². The van der Waals surface area contributed by atoms with Crippen molar-refractivity contribution in [2.24, 2.45) is 0 Å². The summed E-state index contributed by atoms with van der Waals surface area (Å²) in [6, 6.07) is 14.2. The number of allylic oxidation sites excluding steroid dienone is 2. The molecule has 0 unspecified atom stereocenters. The Balaban J connectivity index is 0.000000563. The maximum Gasteiger partial charge on any atom is 0.145 e. The lowest BCUT2D eigenvalue weighted by molar-refractivity contribution is -0.105. The van der Waals surface area contributed by atoms with Crippen LogP contribution in [0.2, 0.25) is 0 Å². The highest BCUT2D eigenvalue weighted by Crippen LogP contribution is 2.27. The molecule has 0 saturated heterocycles. The normalized spacial score (nSPS) is 8.78. The third-order valence-electron chi connectivity index (χ3n) is 3.22. The Kier molecular flexibility index (Phi) is 11.6. The quantitative estimate of drug-likeness (QED) is 0.537. The van der Waals surface area contributed by atoms with E-state index in [1.807, 2.05) is 25.1 Å². The van der Waals surface area contributed by atoms with E-state index in [2.05, 4.69) is 37.4 Å². The first kappa shape index (κ1) is 23.9. The fourth-order valence-electron chi connectivity index (χ4n) is 1.84. The zero-order valence-corrected chi connectivity index (χ0v) is 16.7. The standard InChI is InChI=1S/C15H16O2.2C4H6O/c1-11-10-13(6-9-15(11)17-3)12-4-7-14(16-2)8-5-12;2*1-4(2)3-5/h4-10H,1-3H3;2*3H,1H2,2H3. The van der Waals surface area contributed by atoms with Crippen LogP contribution in [0.15, 0.2) is 66.8 Å². The van der Waals surface area contributed by atoms with E-state index in [-0.39, 0.29) is 0 Å². The number of rotatable bonds is 5. The predicted molar refractivity (Wildman–Crippen MR) is 111 cm³/mol. The molecular formula is C23H28O4. The van der Waals surface area contributed by atoms with Crippen molar-refractivity contribution in [3.8, 4) is 22.6 Å². The van der Waals surface area contributed by atoms with E-state index in [0.29, 0.717) is 11.1 Å². The monoisotopic (exact) mass is 368 g/mol. The van der Waals surface area contributed by atoms with Crippen molar-refractivity contribution in [1.29, 1.82) is 0 Å². The summed E-state index contributed by atoms with van der Waals surface area (Å²) in [4.78, 5) is 18.8. The molecule has 2 aromatic carbocycles. The van der Waals surface area contributed by atoms with Gasteiger partial charge in [-0.2, -0.15) is 0 Å². The van der Waals surface area contributed by atoms with Crippen molar-refractivity contribution in [3.63, 3.8) is 0 Å². The minimum atomic E-state index is 0.574. The van der Waals surface area contributed by atoms with E-state index >= 15 is 0 Å². The Hall–Kier alpha value is -3.14. The molecule has 2 aromatic rings. The summed E-state index contributed by atoms with van der Waals surface area (Å²) in [7, 11) is 3.36. The molecule has 0 aromatic heterocycles. The topological polar surface area (TPSA) is 52.6 Å². The number of aldehydes is 2. The van der Waals surface area contributed by atoms with E-state index in [4.69, 9.17) is 9.47 Å². The highest BCUT2D eigenvalue weighted by atomic mass is 16.5. The van der Waals surface area contributed by atoms with Gasteiger partial charge in [-0.15, -0.1) is 0 Å². The molecule has 0 bridgehead atoms. The van der Waals surface area contributed by atoms with Gasteiger partial charge in [0.25, 0.3) is 0 Å². The zero-order valence-electron chi connectivity index (χ0n) is 16.7. The fourth-order valence-corrected chi connectivity index (χ4v) is 1.84. The second kappa shape index (κ2) is 13.1. The Morgan fingerprint density at radius 2 is 1.26 bits per heavy atom. The second-order valence-corrected chi connectivity index (χ2v) is 5.84. The number of ether oxygens (including phenoxy) is 2. The van der Waals surface area contributed by atoms with Crippen molar-refractivity contribution < 1.29 is 19.1 Å². The molecule has 0 spiro atoms. The van der Waals surface area contributed by atoms with E-state index in [9.17, 15) is 9.59 Å². The predicted octanol–water partition coefficient (Wildman–Crippen LogP) is 5.20. The van der Waals surface area contributed by atoms with Gasteiger partial charge in [0.1, 0.15) is 24.1 Å². The van der Waals surface area contributed by atoms with Crippen molar-refractivity contribution in [3.05, 3.63) is 72.3 Å². The lowest BCUT2D eigenvalue weighted by atomic mass is 10.0. The van der Waals surface area contributed by atoms with Crippen molar-refractivity contribution in [1.82, 2.24) is 0 Å². The number of aryl methyl sites for hydroxylation is 1. The molecule has 0 radical (unpaired) electrons. The Morgan fingerprint density at radius 3 is 1.59 bits per heavy atom. The van der Waals surface area contributed by atoms with Gasteiger partial charge in [0.05, 0.1) is 14.2 Å². The molecule has 27 heavy (non-hydrogen) atoms. The first-order chi connectivity index (χ1) is 12.8. The van der Waals surface area contributed by atoms with Crippen molar-refractivity contribution in [2.75, 3.05) is 14.2 Å². The molecule has 2 rings (SSSR count). The van der Waals surface area contributed by atoms with Crippen LogP contribution in [0.5, 0.6) is 11.5 Å². The fraction of sp³-hybridized carbons (Fsp3) is 0.217. The van der Waals surface area contributed by atoms with Crippen LogP contribution in [-0.2, 0) is 9.59 Å². The van der Waals surface area contributed by atoms with Crippen LogP contribution in [0.4, 0.5) is 0 Å². The number of benzene rings is 2. The molecule has 0 aliphatic rings. The van der Waals surface area contributed by atoms with Crippen LogP contribution >= 0.6 is 0 Å². The number of carbonyl (C=O) groups excluding carboxylic acids is 2. The molecule has 144 valence electrons.